The smallest absolute Gasteiger partial charge is 0.411 e. The van der Waals surface area contributed by atoms with Gasteiger partial charge in [0.1, 0.15) is 23.5 Å². The summed E-state index contributed by atoms with van der Waals surface area (Å²) >= 11 is 6.25. The first-order valence-electron chi connectivity index (χ1n) is 9.36. The molecule has 0 spiro atoms. The first-order valence-corrected chi connectivity index (χ1v) is 9.74. The van der Waals surface area contributed by atoms with Gasteiger partial charge in [-0.15, -0.1) is 0 Å². The van der Waals surface area contributed by atoms with Crippen molar-refractivity contribution >= 4 is 34.7 Å². The monoisotopic (exact) mass is 437 g/mol. The van der Waals surface area contributed by atoms with Crippen LogP contribution in [0.5, 0.6) is 11.6 Å². The van der Waals surface area contributed by atoms with E-state index in [4.69, 9.17) is 30.5 Å². The second-order valence-electron chi connectivity index (χ2n) is 7.82. The van der Waals surface area contributed by atoms with Crippen molar-refractivity contribution < 1.29 is 28.5 Å². The van der Waals surface area contributed by atoms with Gasteiger partial charge in [0.05, 0.1) is 31.8 Å². The number of esters is 1. The number of ether oxygens (including phenoxy) is 4. The van der Waals surface area contributed by atoms with Crippen molar-refractivity contribution in [1.29, 1.82) is 0 Å². The molecule has 1 aromatic carbocycles. The van der Waals surface area contributed by atoms with E-state index in [-0.39, 0.29) is 24.0 Å². The highest BCUT2D eigenvalue weighted by atomic mass is 35.5. The summed E-state index contributed by atoms with van der Waals surface area (Å²) in [6.45, 7) is 5.37. The maximum atomic E-state index is 12.6. The van der Waals surface area contributed by atoms with E-state index in [0.29, 0.717) is 16.8 Å². The molecule has 0 bridgehead atoms. The average Bonchev–Trinajstić information content (AvgIpc) is 3.10. The Morgan fingerprint density at radius 2 is 1.90 bits per heavy atom. The van der Waals surface area contributed by atoms with Gasteiger partial charge in [-0.05, 0) is 32.9 Å². The summed E-state index contributed by atoms with van der Waals surface area (Å²) in [5.74, 6) is 0.204. The summed E-state index contributed by atoms with van der Waals surface area (Å²) in [5.41, 5.74) is 0.424. The van der Waals surface area contributed by atoms with Gasteiger partial charge < -0.3 is 18.9 Å². The predicted octanol–water partition coefficient (Wildman–Crippen LogP) is 3.22. The van der Waals surface area contributed by atoms with E-state index in [9.17, 15) is 9.59 Å². The molecule has 10 heteroatoms. The molecule has 1 saturated heterocycles. The van der Waals surface area contributed by atoms with Gasteiger partial charge in [-0.1, -0.05) is 11.6 Å². The molecule has 0 saturated carbocycles. The largest absolute Gasteiger partial charge is 0.497 e. The molecule has 1 amide bonds. The van der Waals surface area contributed by atoms with Gasteiger partial charge in [0.15, 0.2) is 5.15 Å². The summed E-state index contributed by atoms with van der Waals surface area (Å²) in [7, 11) is 2.83. The Morgan fingerprint density at radius 3 is 2.53 bits per heavy atom. The normalized spacial score (nSPS) is 18.9. The van der Waals surface area contributed by atoms with Crippen molar-refractivity contribution in [3.05, 3.63) is 23.4 Å². The quantitative estimate of drug-likeness (QED) is 0.672. The van der Waals surface area contributed by atoms with Gasteiger partial charge in [0, 0.05) is 12.5 Å². The Kier molecular flexibility index (Phi) is 6.21. The molecule has 3 rings (SSSR count). The van der Waals surface area contributed by atoms with Crippen molar-refractivity contribution in [2.45, 2.75) is 44.9 Å². The van der Waals surface area contributed by atoms with E-state index < -0.39 is 29.8 Å². The van der Waals surface area contributed by atoms with E-state index in [1.807, 2.05) is 0 Å². The van der Waals surface area contributed by atoms with E-state index in [2.05, 4.69) is 9.97 Å². The van der Waals surface area contributed by atoms with Gasteiger partial charge >= 0.3 is 12.1 Å². The zero-order chi connectivity index (χ0) is 22.1. The molecule has 1 fully saturated rings. The molecule has 2 atom stereocenters. The van der Waals surface area contributed by atoms with Crippen LogP contribution in [-0.4, -0.2) is 65.4 Å². The lowest BCUT2D eigenvalue weighted by Crippen LogP contribution is -2.44. The Balaban J connectivity index is 1.81. The number of benzene rings is 1. The zero-order valence-corrected chi connectivity index (χ0v) is 18.2. The van der Waals surface area contributed by atoms with Gasteiger partial charge in [0.2, 0.25) is 0 Å². The maximum Gasteiger partial charge on any atom is 0.411 e. The molecule has 0 radical (unpaired) electrons. The number of hydrogen-bond acceptors (Lipinski definition) is 8. The number of amides is 1. The molecule has 1 aliphatic heterocycles. The zero-order valence-electron chi connectivity index (χ0n) is 17.5. The van der Waals surface area contributed by atoms with Crippen LogP contribution in [0.2, 0.25) is 5.15 Å². The Morgan fingerprint density at radius 1 is 1.17 bits per heavy atom. The van der Waals surface area contributed by atoms with Crippen LogP contribution in [0.3, 0.4) is 0 Å². The molecule has 0 N–H and O–H groups in total. The summed E-state index contributed by atoms with van der Waals surface area (Å²) in [4.78, 5) is 34.8. The number of methoxy groups -OCH3 is 2. The van der Waals surface area contributed by atoms with E-state index in [1.54, 1.807) is 46.1 Å². The highest BCUT2D eigenvalue weighted by Gasteiger charge is 2.43. The molecular weight excluding hydrogens is 414 g/mol. The molecule has 2 aromatic rings. The van der Waals surface area contributed by atoms with Gasteiger partial charge in [-0.25, -0.2) is 19.6 Å². The predicted molar refractivity (Wildman–Crippen MR) is 109 cm³/mol. The maximum absolute atomic E-state index is 12.6. The third-order valence-corrected chi connectivity index (χ3v) is 4.69. The van der Waals surface area contributed by atoms with Crippen molar-refractivity contribution in [2.24, 2.45) is 0 Å². The number of aromatic nitrogens is 2. The Bertz CT molecular complexity index is 961. The second-order valence-corrected chi connectivity index (χ2v) is 8.18. The molecule has 162 valence electrons. The van der Waals surface area contributed by atoms with E-state index in [0.717, 1.165) is 0 Å². The van der Waals surface area contributed by atoms with Crippen molar-refractivity contribution in [3.8, 4) is 11.6 Å². The molecule has 9 nitrogen and oxygen atoms in total. The minimum absolute atomic E-state index is 0.0705. The number of carbonyl (C=O) groups excluding carboxylic acids is 2. The fourth-order valence-electron chi connectivity index (χ4n) is 3.12. The standard InChI is InChI=1S/C20H24ClN3O6/c1-20(2,3)30-19(26)24-10-12(9-15(24)18(25)28-5)29-17-16(21)22-14-8-11(27-4)6-7-13(14)23-17/h6-8,12,15H,9-10H2,1-5H3/t12-,15+/m1/s1. The average molecular weight is 438 g/mol. The number of carbonyl (C=O) groups is 2. The molecule has 0 unspecified atom stereocenters. The lowest BCUT2D eigenvalue weighted by Gasteiger charge is -2.27. The fourth-order valence-corrected chi connectivity index (χ4v) is 3.30. The lowest BCUT2D eigenvalue weighted by atomic mass is 10.2. The molecule has 1 aromatic heterocycles. The van der Waals surface area contributed by atoms with Crippen molar-refractivity contribution in [1.82, 2.24) is 14.9 Å². The van der Waals surface area contributed by atoms with Crippen LogP contribution in [0.15, 0.2) is 18.2 Å². The van der Waals surface area contributed by atoms with Gasteiger partial charge in [0.25, 0.3) is 5.88 Å². The number of likely N-dealkylation sites (tertiary alicyclic amines) is 1. The fraction of sp³-hybridized carbons (Fsp3) is 0.500. The SMILES string of the molecule is COC(=O)[C@@H]1C[C@@H](Oc2nc3ccc(OC)cc3nc2Cl)CN1C(=O)OC(C)(C)C. The molecule has 1 aliphatic rings. The third kappa shape index (κ3) is 4.84. The van der Waals surface area contributed by atoms with Crippen LogP contribution in [0, 0.1) is 0 Å². The van der Waals surface area contributed by atoms with Crippen molar-refractivity contribution in [2.75, 3.05) is 20.8 Å². The number of nitrogens with zero attached hydrogens (tertiary/aromatic N) is 3. The van der Waals surface area contributed by atoms with Gasteiger partial charge in [-0.2, -0.15) is 0 Å². The minimum atomic E-state index is -0.827. The van der Waals surface area contributed by atoms with Crippen LogP contribution in [0.4, 0.5) is 4.79 Å². The first-order chi connectivity index (χ1) is 14.1. The highest BCUT2D eigenvalue weighted by molar-refractivity contribution is 6.31. The van der Waals surface area contributed by atoms with E-state index >= 15 is 0 Å². The van der Waals surface area contributed by atoms with E-state index in [1.165, 1.54) is 12.0 Å². The second kappa shape index (κ2) is 8.51. The van der Waals surface area contributed by atoms with Crippen LogP contribution in [0.25, 0.3) is 11.0 Å². The van der Waals surface area contributed by atoms with Crippen LogP contribution in [0.1, 0.15) is 27.2 Å². The van der Waals surface area contributed by atoms with Crippen LogP contribution in [-0.2, 0) is 14.3 Å². The lowest BCUT2D eigenvalue weighted by molar-refractivity contribution is -0.145. The third-order valence-electron chi connectivity index (χ3n) is 4.44. The molecule has 0 aliphatic carbocycles. The van der Waals surface area contributed by atoms with Gasteiger partial charge in [-0.3, -0.25) is 4.90 Å². The number of rotatable bonds is 4. The molecule has 30 heavy (non-hydrogen) atoms. The van der Waals surface area contributed by atoms with Crippen LogP contribution < -0.4 is 9.47 Å². The summed E-state index contributed by atoms with van der Waals surface area (Å²) in [5, 5.41) is 0.0705. The number of hydrogen-bond donors (Lipinski definition) is 0. The molecule has 2 heterocycles. The topological polar surface area (TPSA) is 100 Å². The Hall–Kier alpha value is -2.81. The summed E-state index contributed by atoms with van der Waals surface area (Å²) in [6.07, 6.45) is -0.944. The minimum Gasteiger partial charge on any atom is -0.497 e. The summed E-state index contributed by atoms with van der Waals surface area (Å²) in [6, 6.07) is 4.38. The molecular formula is C20H24ClN3O6. The number of halogens is 1. The first kappa shape index (κ1) is 21.9. The summed E-state index contributed by atoms with van der Waals surface area (Å²) < 4.78 is 21.3. The Labute approximate surface area is 179 Å². The highest BCUT2D eigenvalue weighted by Crippen LogP contribution is 2.30. The number of fused-ring (bicyclic) bond motifs is 1. The van der Waals surface area contributed by atoms with Crippen molar-refractivity contribution in [3.63, 3.8) is 0 Å². The van der Waals surface area contributed by atoms with Crippen LogP contribution >= 0.6 is 11.6 Å².